The number of carbonyl (C=O) groups is 4. The molecule has 3 amide bonds. The van der Waals surface area contributed by atoms with Crippen molar-refractivity contribution in [2.75, 3.05) is 23.3 Å². The number of carboxylic acids is 1. The van der Waals surface area contributed by atoms with E-state index in [9.17, 15) is 24.3 Å². The quantitative estimate of drug-likeness (QED) is 0.288. The van der Waals surface area contributed by atoms with Gasteiger partial charge in [-0.05, 0) is 41.3 Å². The third-order valence-electron chi connectivity index (χ3n) is 6.16. The lowest BCUT2D eigenvalue weighted by Crippen LogP contribution is -2.35. The van der Waals surface area contributed by atoms with Crippen molar-refractivity contribution in [3.63, 3.8) is 0 Å². The fourth-order valence-electron chi connectivity index (χ4n) is 4.34. The van der Waals surface area contributed by atoms with Crippen LogP contribution in [0.3, 0.4) is 0 Å². The Labute approximate surface area is 220 Å². The van der Waals surface area contributed by atoms with E-state index in [1.807, 2.05) is 53.4 Å². The Morgan fingerprint density at radius 1 is 1.03 bits per heavy atom. The van der Waals surface area contributed by atoms with Gasteiger partial charge in [0.15, 0.2) is 5.78 Å². The number of pyridine rings is 1. The molecule has 10 nitrogen and oxygen atoms in total. The summed E-state index contributed by atoms with van der Waals surface area (Å²) in [6, 6.07) is 17.4. The van der Waals surface area contributed by atoms with Gasteiger partial charge in [0.1, 0.15) is 0 Å². The first-order chi connectivity index (χ1) is 18.4. The number of rotatable bonds is 11. The summed E-state index contributed by atoms with van der Waals surface area (Å²) < 4.78 is 0. The van der Waals surface area contributed by atoms with Crippen LogP contribution >= 0.6 is 0 Å². The van der Waals surface area contributed by atoms with E-state index in [1.54, 1.807) is 18.3 Å². The average Bonchev–Trinajstić information content (AvgIpc) is 3.29. The Kier molecular flexibility index (Phi) is 8.65. The van der Waals surface area contributed by atoms with Crippen molar-refractivity contribution < 1.29 is 24.3 Å². The van der Waals surface area contributed by atoms with E-state index in [2.05, 4.69) is 20.9 Å². The molecule has 4 N–H and O–H groups in total. The van der Waals surface area contributed by atoms with Crippen LogP contribution < -0.4 is 20.9 Å². The van der Waals surface area contributed by atoms with Crippen molar-refractivity contribution >= 4 is 35.1 Å². The van der Waals surface area contributed by atoms with Crippen LogP contribution in [0.25, 0.3) is 0 Å². The number of carboxylic acid groups (broad SMARTS) is 1. The van der Waals surface area contributed by atoms with Crippen LogP contribution in [0.2, 0.25) is 0 Å². The van der Waals surface area contributed by atoms with E-state index < -0.39 is 17.9 Å². The number of nitrogens with zero attached hydrogens (tertiary/aromatic N) is 2. The monoisotopic (exact) mass is 515 g/mol. The number of hydrogen-bond acceptors (Lipinski definition) is 6. The van der Waals surface area contributed by atoms with Crippen molar-refractivity contribution in [1.29, 1.82) is 0 Å². The predicted molar refractivity (Wildman–Crippen MR) is 142 cm³/mol. The number of aromatic nitrogens is 1. The van der Waals surface area contributed by atoms with Gasteiger partial charge in [0, 0.05) is 36.9 Å². The number of amides is 3. The van der Waals surface area contributed by atoms with Crippen LogP contribution in [0, 0.1) is 0 Å². The van der Waals surface area contributed by atoms with E-state index >= 15 is 0 Å². The van der Waals surface area contributed by atoms with Gasteiger partial charge in [-0.15, -0.1) is 0 Å². The second-order valence-corrected chi connectivity index (χ2v) is 9.03. The van der Waals surface area contributed by atoms with Gasteiger partial charge in [-0.1, -0.05) is 42.5 Å². The van der Waals surface area contributed by atoms with E-state index in [0.717, 1.165) is 23.2 Å². The summed E-state index contributed by atoms with van der Waals surface area (Å²) in [6.45, 7) is 1.04. The summed E-state index contributed by atoms with van der Waals surface area (Å²) in [5.41, 5.74) is 4.02. The molecule has 2 heterocycles. The zero-order valence-electron chi connectivity index (χ0n) is 20.7. The van der Waals surface area contributed by atoms with Crippen LogP contribution in [-0.2, 0) is 27.3 Å². The van der Waals surface area contributed by atoms with Gasteiger partial charge < -0.3 is 26.0 Å². The standard InChI is InChI=1S/C28H29N5O5/c34-23(14-26(35)32-24(15-27(36)37)21-7-4-11-29-17-21)18-33-12-10-20-8-9-22(13-25(20)33)31-28(38)30-16-19-5-2-1-3-6-19/h1-9,11,13,17,24H,10,12,14-16,18H2,(H,32,35)(H,36,37)(H2,30,31,38). The molecule has 0 fully saturated rings. The second kappa shape index (κ2) is 12.5. The number of anilines is 2. The Balaban J connectivity index is 1.31. The molecule has 3 aromatic rings. The van der Waals surface area contributed by atoms with E-state index in [4.69, 9.17) is 0 Å². The summed E-state index contributed by atoms with van der Waals surface area (Å²) in [7, 11) is 0. The van der Waals surface area contributed by atoms with Gasteiger partial charge >= 0.3 is 12.0 Å². The maximum Gasteiger partial charge on any atom is 0.319 e. The van der Waals surface area contributed by atoms with Crippen LogP contribution in [0.5, 0.6) is 0 Å². The molecule has 1 unspecified atom stereocenters. The summed E-state index contributed by atoms with van der Waals surface area (Å²) in [6.07, 6.45) is 3.10. The molecule has 0 spiro atoms. The van der Waals surface area contributed by atoms with E-state index in [0.29, 0.717) is 24.3 Å². The number of nitrogens with one attached hydrogen (secondary N) is 3. The Morgan fingerprint density at radius 3 is 2.58 bits per heavy atom. The number of Topliss-reactive ketones (excluding diaryl/α,β-unsaturated/α-hetero) is 1. The van der Waals surface area contributed by atoms with Crippen LogP contribution in [0.15, 0.2) is 73.1 Å². The van der Waals surface area contributed by atoms with Gasteiger partial charge in [-0.25, -0.2) is 4.79 Å². The number of urea groups is 1. The molecule has 2 aromatic carbocycles. The number of fused-ring (bicyclic) bond motifs is 1. The highest BCUT2D eigenvalue weighted by Crippen LogP contribution is 2.30. The first-order valence-corrected chi connectivity index (χ1v) is 12.3. The highest BCUT2D eigenvalue weighted by molar-refractivity contribution is 6.00. The highest BCUT2D eigenvalue weighted by atomic mass is 16.4. The predicted octanol–water partition coefficient (Wildman–Crippen LogP) is 3.06. The molecule has 1 atom stereocenters. The maximum atomic E-state index is 12.7. The topological polar surface area (TPSA) is 141 Å². The molecule has 4 rings (SSSR count). The third-order valence-corrected chi connectivity index (χ3v) is 6.16. The lowest BCUT2D eigenvalue weighted by Gasteiger charge is -2.20. The number of hydrogen-bond donors (Lipinski definition) is 4. The molecule has 0 saturated carbocycles. The number of benzene rings is 2. The molecule has 0 aliphatic carbocycles. The number of carbonyl (C=O) groups excluding carboxylic acids is 3. The molecule has 0 radical (unpaired) electrons. The molecular formula is C28H29N5O5. The van der Waals surface area contributed by atoms with Crippen LogP contribution in [0.1, 0.15) is 35.6 Å². The van der Waals surface area contributed by atoms with Crippen LogP contribution in [-0.4, -0.2) is 46.9 Å². The number of ketones is 1. The Hall–Kier alpha value is -4.73. The van der Waals surface area contributed by atoms with E-state index in [-0.39, 0.29) is 31.2 Å². The second-order valence-electron chi connectivity index (χ2n) is 9.03. The molecule has 1 aliphatic heterocycles. The van der Waals surface area contributed by atoms with Gasteiger partial charge in [0.25, 0.3) is 0 Å². The number of aliphatic carboxylic acids is 1. The maximum absolute atomic E-state index is 12.7. The molecule has 196 valence electrons. The average molecular weight is 516 g/mol. The molecular weight excluding hydrogens is 486 g/mol. The fourth-order valence-corrected chi connectivity index (χ4v) is 4.34. The zero-order chi connectivity index (χ0) is 26.9. The minimum absolute atomic E-state index is 0.0283. The SMILES string of the molecule is O=C(O)CC(NC(=O)CC(=O)CN1CCc2ccc(NC(=O)NCc3ccccc3)cc21)c1cccnc1. The molecule has 0 bridgehead atoms. The van der Waals surface area contributed by atoms with Crippen molar-refractivity contribution in [3.8, 4) is 0 Å². The molecule has 38 heavy (non-hydrogen) atoms. The summed E-state index contributed by atoms with van der Waals surface area (Å²) in [5, 5.41) is 17.5. The summed E-state index contributed by atoms with van der Waals surface area (Å²) in [5.74, 6) is -1.91. The van der Waals surface area contributed by atoms with Gasteiger partial charge in [0.2, 0.25) is 5.91 Å². The highest BCUT2D eigenvalue weighted by Gasteiger charge is 2.24. The largest absolute Gasteiger partial charge is 0.481 e. The lowest BCUT2D eigenvalue weighted by atomic mass is 10.1. The first kappa shape index (κ1) is 26.3. The van der Waals surface area contributed by atoms with Gasteiger partial charge in [-0.3, -0.25) is 19.4 Å². The Bertz CT molecular complexity index is 1300. The normalized spacial score (nSPS) is 12.8. The smallest absolute Gasteiger partial charge is 0.319 e. The van der Waals surface area contributed by atoms with Crippen LogP contribution in [0.4, 0.5) is 16.2 Å². The summed E-state index contributed by atoms with van der Waals surface area (Å²) >= 11 is 0. The minimum Gasteiger partial charge on any atom is -0.481 e. The van der Waals surface area contributed by atoms with Gasteiger partial charge in [-0.2, -0.15) is 0 Å². The fraction of sp³-hybridized carbons (Fsp3) is 0.250. The lowest BCUT2D eigenvalue weighted by molar-refractivity contribution is -0.137. The minimum atomic E-state index is -1.07. The third kappa shape index (κ3) is 7.39. The first-order valence-electron chi connectivity index (χ1n) is 12.3. The van der Waals surface area contributed by atoms with Gasteiger partial charge in [0.05, 0.1) is 25.4 Å². The van der Waals surface area contributed by atoms with Crippen molar-refractivity contribution in [1.82, 2.24) is 15.6 Å². The van der Waals surface area contributed by atoms with Crippen molar-refractivity contribution in [3.05, 3.63) is 89.7 Å². The van der Waals surface area contributed by atoms with E-state index in [1.165, 1.54) is 6.20 Å². The summed E-state index contributed by atoms with van der Waals surface area (Å²) in [4.78, 5) is 54.7. The Morgan fingerprint density at radius 2 is 1.84 bits per heavy atom. The molecule has 10 heteroatoms. The zero-order valence-corrected chi connectivity index (χ0v) is 20.7. The molecule has 1 aromatic heterocycles. The molecule has 1 aliphatic rings. The molecule has 0 saturated heterocycles. The van der Waals surface area contributed by atoms with Crippen molar-refractivity contribution in [2.24, 2.45) is 0 Å². The van der Waals surface area contributed by atoms with Crippen molar-refractivity contribution in [2.45, 2.75) is 31.8 Å².